The fraction of sp³-hybridized carbons (Fsp3) is 0.444. The molecule has 1 saturated heterocycles. The van der Waals surface area contributed by atoms with Crippen molar-refractivity contribution in [2.75, 3.05) is 32.6 Å². The number of benzene rings is 1. The number of rotatable bonds is 6. The summed E-state index contributed by atoms with van der Waals surface area (Å²) in [6, 6.07) is 4.57. The number of aliphatic hydroxyl groups excluding tert-OH is 1. The number of nitrogens with one attached hydrogen (secondary N) is 1. The average molecular weight is 362 g/mol. The molecule has 2 heterocycles. The first-order chi connectivity index (χ1) is 12.6. The quantitative estimate of drug-likeness (QED) is 0.809. The maximum absolute atomic E-state index is 14.3. The van der Waals surface area contributed by atoms with Crippen LogP contribution in [-0.2, 0) is 6.54 Å². The van der Waals surface area contributed by atoms with Gasteiger partial charge in [0.2, 0.25) is 5.95 Å². The van der Waals surface area contributed by atoms with E-state index in [-0.39, 0.29) is 11.9 Å². The molecule has 0 amide bonds. The van der Waals surface area contributed by atoms with Gasteiger partial charge in [-0.3, -0.25) is 4.90 Å². The molecule has 1 aromatic heterocycles. The molecular weight excluding hydrogens is 339 g/mol. The molecule has 0 unspecified atom stereocenters. The normalized spacial score (nSPS) is 20.6. The highest BCUT2D eigenvalue weighted by Crippen LogP contribution is 2.30. The van der Waals surface area contributed by atoms with Crippen molar-refractivity contribution >= 4 is 5.95 Å². The van der Waals surface area contributed by atoms with E-state index in [0.29, 0.717) is 42.5 Å². The van der Waals surface area contributed by atoms with Crippen LogP contribution in [0, 0.1) is 5.82 Å². The van der Waals surface area contributed by atoms with Gasteiger partial charge in [-0.25, -0.2) is 14.4 Å². The Kier molecular flexibility index (Phi) is 5.85. The molecule has 0 saturated carbocycles. The van der Waals surface area contributed by atoms with Crippen molar-refractivity contribution in [3.63, 3.8) is 0 Å². The molecule has 2 aromatic rings. The summed E-state index contributed by atoms with van der Waals surface area (Å²) in [4.78, 5) is 10.3. The first-order valence-electron chi connectivity index (χ1n) is 8.45. The molecular formula is C18H23FN4O3. The maximum Gasteiger partial charge on any atom is 0.222 e. The van der Waals surface area contributed by atoms with Gasteiger partial charge in [0, 0.05) is 43.7 Å². The van der Waals surface area contributed by atoms with Gasteiger partial charge in [-0.1, -0.05) is 0 Å². The van der Waals surface area contributed by atoms with Crippen LogP contribution in [0.4, 0.5) is 10.3 Å². The van der Waals surface area contributed by atoms with Crippen molar-refractivity contribution in [2.24, 2.45) is 0 Å². The summed E-state index contributed by atoms with van der Waals surface area (Å²) in [5.41, 5.74) is 0.507. The van der Waals surface area contributed by atoms with E-state index < -0.39 is 6.10 Å². The molecule has 2 N–H and O–H groups in total. The number of hydrogen-bond donors (Lipinski definition) is 2. The Bertz CT molecular complexity index is 732. The minimum atomic E-state index is -0.601. The highest BCUT2D eigenvalue weighted by Gasteiger charge is 2.28. The SMILES string of the molecule is COc1cc(F)c(CN2CC[C@@H](Nc3ncccn3)[C@H](O)C2)cc1OC. The van der Waals surface area contributed by atoms with E-state index >= 15 is 0 Å². The second kappa shape index (κ2) is 8.29. The molecule has 0 spiro atoms. The number of likely N-dealkylation sites (tertiary alicyclic amines) is 1. The molecule has 7 nitrogen and oxygen atoms in total. The van der Waals surface area contributed by atoms with E-state index in [1.807, 2.05) is 4.90 Å². The zero-order valence-corrected chi connectivity index (χ0v) is 14.9. The first-order valence-corrected chi connectivity index (χ1v) is 8.45. The standard InChI is InChI=1S/C18H23FN4O3/c1-25-16-8-12(13(19)9-17(16)26-2)10-23-7-4-14(15(24)11-23)22-18-20-5-3-6-21-18/h3,5-6,8-9,14-15,24H,4,7,10-11H2,1-2H3,(H,20,21,22)/t14-,15-/m1/s1. The Labute approximate surface area is 151 Å². The summed E-state index contributed by atoms with van der Waals surface area (Å²) in [6.07, 6.45) is 3.40. The lowest BCUT2D eigenvalue weighted by Crippen LogP contribution is -2.49. The lowest BCUT2D eigenvalue weighted by atomic mass is 10.0. The Morgan fingerprint density at radius 3 is 2.58 bits per heavy atom. The van der Waals surface area contributed by atoms with Gasteiger partial charge in [0.1, 0.15) is 5.82 Å². The van der Waals surface area contributed by atoms with Crippen LogP contribution in [0.3, 0.4) is 0 Å². The third-order valence-electron chi connectivity index (χ3n) is 4.49. The van der Waals surface area contributed by atoms with E-state index in [1.165, 1.54) is 20.3 Å². The lowest BCUT2D eigenvalue weighted by molar-refractivity contribution is 0.0553. The molecule has 26 heavy (non-hydrogen) atoms. The molecule has 1 aliphatic heterocycles. The van der Waals surface area contributed by atoms with Gasteiger partial charge in [-0.05, 0) is 18.6 Å². The van der Waals surface area contributed by atoms with Gasteiger partial charge >= 0.3 is 0 Å². The van der Waals surface area contributed by atoms with E-state index in [1.54, 1.807) is 24.5 Å². The summed E-state index contributed by atoms with van der Waals surface area (Å²) < 4.78 is 24.7. The van der Waals surface area contributed by atoms with Gasteiger partial charge < -0.3 is 19.9 Å². The van der Waals surface area contributed by atoms with Crippen LogP contribution in [0.15, 0.2) is 30.6 Å². The van der Waals surface area contributed by atoms with Crippen molar-refractivity contribution in [1.29, 1.82) is 0 Å². The van der Waals surface area contributed by atoms with Crippen molar-refractivity contribution in [3.8, 4) is 11.5 Å². The van der Waals surface area contributed by atoms with E-state index in [0.717, 1.165) is 6.54 Å². The zero-order chi connectivity index (χ0) is 18.5. The number of hydrogen-bond acceptors (Lipinski definition) is 7. The fourth-order valence-corrected chi connectivity index (χ4v) is 3.11. The van der Waals surface area contributed by atoms with Crippen molar-refractivity contribution < 1.29 is 19.0 Å². The summed E-state index contributed by atoms with van der Waals surface area (Å²) in [5, 5.41) is 13.6. The van der Waals surface area contributed by atoms with Crippen molar-refractivity contribution in [3.05, 3.63) is 42.0 Å². The number of anilines is 1. The summed E-state index contributed by atoms with van der Waals surface area (Å²) in [7, 11) is 2.99. The van der Waals surface area contributed by atoms with Crippen LogP contribution in [0.5, 0.6) is 11.5 Å². The first kappa shape index (κ1) is 18.3. The predicted octanol–water partition coefficient (Wildman–Crippen LogP) is 1.68. The van der Waals surface area contributed by atoms with Crippen LogP contribution < -0.4 is 14.8 Å². The Hall–Kier alpha value is -2.45. The minimum absolute atomic E-state index is 0.135. The highest BCUT2D eigenvalue weighted by atomic mass is 19.1. The average Bonchev–Trinajstić information content (AvgIpc) is 2.66. The van der Waals surface area contributed by atoms with Crippen LogP contribution in [0.25, 0.3) is 0 Å². The number of halogens is 1. The van der Waals surface area contributed by atoms with Gasteiger partial charge in [0.25, 0.3) is 0 Å². The molecule has 3 rings (SSSR count). The molecule has 1 aliphatic rings. The monoisotopic (exact) mass is 362 g/mol. The fourth-order valence-electron chi connectivity index (χ4n) is 3.11. The lowest BCUT2D eigenvalue weighted by Gasteiger charge is -2.36. The molecule has 140 valence electrons. The molecule has 0 radical (unpaired) electrons. The van der Waals surface area contributed by atoms with Gasteiger partial charge in [-0.15, -0.1) is 0 Å². The van der Waals surface area contributed by atoms with Gasteiger partial charge in [0.15, 0.2) is 11.5 Å². The molecule has 8 heteroatoms. The van der Waals surface area contributed by atoms with Gasteiger partial charge in [-0.2, -0.15) is 0 Å². The van der Waals surface area contributed by atoms with Crippen molar-refractivity contribution in [1.82, 2.24) is 14.9 Å². The maximum atomic E-state index is 14.3. The third-order valence-corrected chi connectivity index (χ3v) is 4.49. The van der Waals surface area contributed by atoms with E-state index in [4.69, 9.17) is 9.47 Å². The number of ether oxygens (including phenoxy) is 2. The molecule has 1 fully saturated rings. The van der Waals surface area contributed by atoms with Crippen LogP contribution in [0.2, 0.25) is 0 Å². The zero-order valence-electron chi connectivity index (χ0n) is 14.9. The predicted molar refractivity (Wildman–Crippen MR) is 94.8 cm³/mol. The Morgan fingerprint density at radius 2 is 1.92 bits per heavy atom. The van der Waals surface area contributed by atoms with Gasteiger partial charge in [0.05, 0.1) is 26.4 Å². The number of β-amino-alcohol motifs (C(OH)–C–C–N with tert-alkyl or cyclic N) is 1. The molecule has 2 atom stereocenters. The highest BCUT2D eigenvalue weighted by molar-refractivity contribution is 5.43. The van der Waals surface area contributed by atoms with Crippen molar-refractivity contribution in [2.45, 2.75) is 25.1 Å². The van der Waals surface area contributed by atoms with E-state index in [2.05, 4.69) is 15.3 Å². The summed E-state index contributed by atoms with van der Waals surface area (Å²) >= 11 is 0. The Morgan fingerprint density at radius 1 is 1.23 bits per heavy atom. The molecule has 1 aromatic carbocycles. The number of piperidine rings is 1. The minimum Gasteiger partial charge on any atom is -0.493 e. The molecule has 0 aliphatic carbocycles. The summed E-state index contributed by atoms with van der Waals surface area (Å²) in [5.74, 6) is 0.993. The third kappa shape index (κ3) is 4.20. The number of methoxy groups -OCH3 is 2. The Balaban J connectivity index is 1.63. The number of nitrogens with zero attached hydrogens (tertiary/aromatic N) is 3. The largest absolute Gasteiger partial charge is 0.493 e. The smallest absolute Gasteiger partial charge is 0.222 e. The summed E-state index contributed by atoms with van der Waals surface area (Å²) in [6.45, 7) is 1.53. The van der Waals surface area contributed by atoms with E-state index in [9.17, 15) is 9.50 Å². The second-order valence-corrected chi connectivity index (χ2v) is 6.21. The second-order valence-electron chi connectivity index (χ2n) is 6.21. The molecule has 0 bridgehead atoms. The topological polar surface area (TPSA) is 79.7 Å². The van der Waals surface area contributed by atoms with Crippen LogP contribution >= 0.6 is 0 Å². The van der Waals surface area contributed by atoms with Crippen LogP contribution in [-0.4, -0.2) is 59.4 Å². The number of aliphatic hydroxyl groups is 1. The number of aromatic nitrogens is 2. The van der Waals surface area contributed by atoms with Crippen LogP contribution in [0.1, 0.15) is 12.0 Å².